The van der Waals surface area contributed by atoms with E-state index in [9.17, 15) is 9.59 Å². The summed E-state index contributed by atoms with van der Waals surface area (Å²) in [6, 6.07) is 6.83. The lowest BCUT2D eigenvalue weighted by atomic mass is 10.1. The zero-order chi connectivity index (χ0) is 14.0. The van der Waals surface area contributed by atoms with Gasteiger partial charge in [-0.25, -0.2) is 0 Å². The molecule has 0 bridgehead atoms. The zero-order valence-corrected chi connectivity index (χ0v) is 10.9. The molecule has 2 aromatic rings. The number of aromatic nitrogens is 1. The summed E-state index contributed by atoms with van der Waals surface area (Å²) < 4.78 is 0. The minimum atomic E-state index is -1.06. The lowest BCUT2D eigenvalue weighted by molar-refractivity contribution is -0.137. The second kappa shape index (κ2) is 5.24. The van der Waals surface area contributed by atoms with Crippen LogP contribution in [0.5, 0.6) is 0 Å². The highest BCUT2D eigenvalue weighted by atomic mass is 35.5. The molecular weight excluding hydrogens is 268 g/mol. The van der Waals surface area contributed by atoms with Crippen LogP contribution >= 0.6 is 11.6 Å². The summed E-state index contributed by atoms with van der Waals surface area (Å²) in [6.07, 6.45) is 1.43. The van der Waals surface area contributed by atoms with E-state index in [-0.39, 0.29) is 6.54 Å². The molecule has 2 rings (SSSR count). The number of benzene rings is 1. The molecule has 0 unspecified atom stereocenters. The highest BCUT2D eigenvalue weighted by molar-refractivity contribution is 6.31. The quantitative estimate of drug-likeness (QED) is 0.933. The summed E-state index contributed by atoms with van der Waals surface area (Å²) in [6.45, 7) is -0.355. The molecule has 0 fully saturated rings. The van der Waals surface area contributed by atoms with E-state index in [0.717, 1.165) is 15.8 Å². The van der Waals surface area contributed by atoms with Gasteiger partial charge in [0.25, 0.3) is 5.91 Å². The molecule has 0 spiro atoms. The van der Waals surface area contributed by atoms with Gasteiger partial charge in [0.05, 0.1) is 11.1 Å². The van der Waals surface area contributed by atoms with Gasteiger partial charge in [0.2, 0.25) is 0 Å². The molecule has 0 radical (unpaired) electrons. The Morgan fingerprint density at radius 2 is 2.11 bits per heavy atom. The van der Waals surface area contributed by atoms with Crippen molar-refractivity contribution in [2.75, 3.05) is 13.6 Å². The molecule has 1 aromatic carbocycles. The Morgan fingerprint density at radius 1 is 1.37 bits per heavy atom. The first-order chi connectivity index (χ1) is 8.97. The van der Waals surface area contributed by atoms with E-state index < -0.39 is 11.9 Å². The van der Waals surface area contributed by atoms with E-state index in [4.69, 9.17) is 16.7 Å². The van der Waals surface area contributed by atoms with Crippen molar-refractivity contribution in [3.8, 4) is 0 Å². The Labute approximate surface area is 114 Å². The summed E-state index contributed by atoms with van der Waals surface area (Å²) >= 11 is 5.88. The van der Waals surface area contributed by atoms with Crippen LogP contribution in [0, 0.1) is 0 Å². The van der Waals surface area contributed by atoms with Gasteiger partial charge in [-0.3, -0.25) is 14.6 Å². The predicted octanol–water partition coefficient (Wildman–Crippen LogP) is 2.04. The van der Waals surface area contributed by atoms with Gasteiger partial charge in [0.1, 0.15) is 6.54 Å². The highest BCUT2D eigenvalue weighted by Gasteiger charge is 2.15. The molecule has 0 aliphatic carbocycles. The number of nitrogens with zero attached hydrogens (tertiary/aromatic N) is 2. The Bertz CT molecular complexity index is 657. The first-order valence-electron chi connectivity index (χ1n) is 5.50. The number of hydrogen-bond donors (Lipinski definition) is 1. The van der Waals surface area contributed by atoms with Gasteiger partial charge in [0, 0.05) is 23.7 Å². The summed E-state index contributed by atoms with van der Waals surface area (Å²) in [5.74, 6) is -1.45. The van der Waals surface area contributed by atoms with Gasteiger partial charge < -0.3 is 10.0 Å². The number of carboxylic acids is 1. The predicted molar refractivity (Wildman–Crippen MR) is 71.3 cm³/mol. The first kappa shape index (κ1) is 13.3. The zero-order valence-electron chi connectivity index (χ0n) is 10.1. The van der Waals surface area contributed by atoms with Crippen LogP contribution in [0.4, 0.5) is 0 Å². The van der Waals surface area contributed by atoms with Crippen molar-refractivity contribution in [3.05, 3.63) is 41.0 Å². The lowest BCUT2D eigenvalue weighted by Crippen LogP contribution is -2.31. The standard InChI is InChI=1S/C13H11ClN2O3/c1-16(7-12(17)18)13(19)9-4-8-5-10(14)2-3-11(8)15-6-9/h2-6H,7H2,1H3,(H,17,18). The topological polar surface area (TPSA) is 70.5 Å². The fraction of sp³-hybridized carbons (Fsp3) is 0.154. The monoisotopic (exact) mass is 278 g/mol. The second-order valence-electron chi connectivity index (χ2n) is 4.12. The third kappa shape index (κ3) is 3.00. The summed E-state index contributed by atoms with van der Waals surface area (Å²) in [5.41, 5.74) is 1.06. The molecule has 5 nitrogen and oxygen atoms in total. The number of rotatable bonds is 3. The van der Waals surface area contributed by atoms with Gasteiger partial charge in [-0.2, -0.15) is 0 Å². The molecular formula is C13H11ClN2O3. The van der Waals surface area contributed by atoms with Crippen molar-refractivity contribution in [3.63, 3.8) is 0 Å². The minimum Gasteiger partial charge on any atom is -0.480 e. The average Bonchev–Trinajstić information content (AvgIpc) is 2.36. The van der Waals surface area contributed by atoms with E-state index >= 15 is 0 Å². The van der Waals surface area contributed by atoms with Crippen LogP contribution in [-0.2, 0) is 4.79 Å². The molecule has 1 heterocycles. The van der Waals surface area contributed by atoms with E-state index in [1.807, 2.05) is 0 Å². The SMILES string of the molecule is CN(CC(=O)O)C(=O)c1cnc2ccc(Cl)cc2c1. The van der Waals surface area contributed by atoms with Crippen molar-refractivity contribution in [2.45, 2.75) is 0 Å². The maximum absolute atomic E-state index is 12.0. The molecule has 1 amide bonds. The van der Waals surface area contributed by atoms with E-state index in [2.05, 4.69) is 4.98 Å². The van der Waals surface area contributed by atoms with Crippen LogP contribution in [0.15, 0.2) is 30.5 Å². The van der Waals surface area contributed by atoms with Gasteiger partial charge >= 0.3 is 5.97 Å². The number of halogens is 1. The number of fused-ring (bicyclic) bond motifs is 1. The highest BCUT2D eigenvalue weighted by Crippen LogP contribution is 2.19. The van der Waals surface area contributed by atoms with Crippen LogP contribution in [0.3, 0.4) is 0 Å². The van der Waals surface area contributed by atoms with Gasteiger partial charge in [-0.1, -0.05) is 11.6 Å². The van der Waals surface area contributed by atoms with Crippen LogP contribution in [0.1, 0.15) is 10.4 Å². The minimum absolute atomic E-state index is 0.332. The molecule has 0 aliphatic heterocycles. The average molecular weight is 279 g/mol. The third-order valence-corrected chi connectivity index (χ3v) is 2.84. The molecule has 0 saturated carbocycles. The number of carbonyl (C=O) groups excluding carboxylic acids is 1. The van der Waals surface area contributed by atoms with Crippen molar-refractivity contribution >= 4 is 34.4 Å². The number of hydrogen-bond acceptors (Lipinski definition) is 3. The largest absolute Gasteiger partial charge is 0.480 e. The fourth-order valence-corrected chi connectivity index (χ4v) is 1.90. The molecule has 19 heavy (non-hydrogen) atoms. The van der Waals surface area contributed by atoms with Crippen molar-refractivity contribution in [1.29, 1.82) is 0 Å². The van der Waals surface area contributed by atoms with Gasteiger partial charge in [0.15, 0.2) is 0 Å². The van der Waals surface area contributed by atoms with Crippen LogP contribution in [0.25, 0.3) is 10.9 Å². The van der Waals surface area contributed by atoms with Crippen molar-refractivity contribution in [1.82, 2.24) is 9.88 Å². The van der Waals surface area contributed by atoms with E-state index in [1.54, 1.807) is 24.3 Å². The van der Waals surface area contributed by atoms with Crippen LogP contribution < -0.4 is 0 Å². The molecule has 0 saturated heterocycles. The lowest BCUT2D eigenvalue weighted by Gasteiger charge is -2.14. The molecule has 1 aromatic heterocycles. The van der Waals surface area contributed by atoms with Crippen molar-refractivity contribution in [2.24, 2.45) is 0 Å². The Morgan fingerprint density at radius 3 is 2.79 bits per heavy atom. The second-order valence-corrected chi connectivity index (χ2v) is 4.55. The Balaban J connectivity index is 2.34. The summed E-state index contributed by atoms with van der Waals surface area (Å²) in [7, 11) is 1.43. The molecule has 6 heteroatoms. The smallest absolute Gasteiger partial charge is 0.323 e. The van der Waals surface area contributed by atoms with E-state index in [0.29, 0.717) is 10.6 Å². The molecule has 1 N–H and O–H groups in total. The number of likely N-dealkylation sites (N-methyl/N-ethyl adjacent to an activating group) is 1. The maximum Gasteiger partial charge on any atom is 0.323 e. The number of carboxylic acid groups (broad SMARTS) is 1. The van der Waals surface area contributed by atoms with Crippen LogP contribution in [-0.4, -0.2) is 40.5 Å². The number of amides is 1. The molecule has 98 valence electrons. The normalized spacial score (nSPS) is 10.4. The number of aliphatic carboxylic acids is 1. The number of carbonyl (C=O) groups is 2. The molecule has 0 atom stereocenters. The summed E-state index contributed by atoms with van der Waals surface area (Å²) in [4.78, 5) is 27.8. The number of pyridine rings is 1. The fourth-order valence-electron chi connectivity index (χ4n) is 1.71. The van der Waals surface area contributed by atoms with Gasteiger partial charge in [-0.05, 0) is 24.3 Å². The van der Waals surface area contributed by atoms with Crippen LogP contribution in [0.2, 0.25) is 5.02 Å². The third-order valence-electron chi connectivity index (χ3n) is 2.61. The van der Waals surface area contributed by atoms with Crippen molar-refractivity contribution < 1.29 is 14.7 Å². The maximum atomic E-state index is 12.0. The Kier molecular flexibility index (Phi) is 3.66. The van der Waals surface area contributed by atoms with Gasteiger partial charge in [-0.15, -0.1) is 0 Å². The molecule has 0 aliphatic rings. The first-order valence-corrected chi connectivity index (χ1v) is 5.88. The van der Waals surface area contributed by atoms with E-state index in [1.165, 1.54) is 13.2 Å². The Hall–Kier alpha value is -2.14. The summed E-state index contributed by atoms with van der Waals surface area (Å²) in [5, 5.41) is 9.95.